The van der Waals surface area contributed by atoms with Crippen molar-refractivity contribution in [2.75, 3.05) is 13.4 Å². The fourth-order valence-corrected chi connectivity index (χ4v) is 5.33. The molecule has 0 atom stereocenters. The summed E-state index contributed by atoms with van der Waals surface area (Å²) in [6, 6.07) is 19.9. The largest absolute Gasteiger partial charge is 0.496 e. The van der Waals surface area contributed by atoms with Crippen LogP contribution in [-0.2, 0) is 9.84 Å². The SMILES string of the molecule is COc1ccc(-c2c(-c3ccc(S(C)(=O)=O)cc3)sc3ccccc3c2=O)cc1C. The van der Waals surface area contributed by atoms with Crippen molar-refractivity contribution in [3.63, 3.8) is 0 Å². The number of sulfone groups is 1. The van der Waals surface area contributed by atoms with Gasteiger partial charge in [0.1, 0.15) is 5.75 Å². The summed E-state index contributed by atoms with van der Waals surface area (Å²) in [5.74, 6) is 0.759. The molecular weight excluding hydrogens is 416 g/mol. The predicted octanol–water partition coefficient (Wildman–Crippen LogP) is 5.32. The molecular formula is C24H20O4S2. The second-order valence-electron chi connectivity index (χ2n) is 7.11. The van der Waals surface area contributed by atoms with Crippen molar-refractivity contribution in [3.8, 4) is 27.3 Å². The molecule has 0 N–H and O–H groups in total. The smallest absolute Gasteiger partial charge is 0.196 e. The van der Waals surface area contributed by atoms with Crippen LogP contribution in [0.25, 0.3) is 31.7 Å². The third-order valence-electron chi connectivity index (χ3n) is 5.03. The Hall–Kier alpha value is -2.96. The predicted molar refractivity (Wildman–Crippen MR) is 123 cm³/mol. The molecule has 4 nitrogen and oxygen atoms in total. The van der Waals surface area contributed by atoms with Gasteiger partial charge in [-0.3, -0.25) is 4.79 Å². The van der Waals surface area contributed by atoms with Crippen LogP contribution in [-0.4, -0.2) is 21.8 Å². The molecule has 0 amide bonds. The maximum Gasteiger partial charge on any atom is 0.196 e. The Morgan fingerprint density at radius 3 is 2.20 bits per heavy atom. The van der Waals surface area contributed by atoms with Crippen LogP contribution in [0.3, 0.4) is 0 Å². The van der Waals surface area contributed by atoms with Gasteiger partial charge in [0.2, 0.25) is 0 Å². The van der Waals surface area contributed by atoms with Gasteiger partial charge in [0, 0.05) is 26.8 Å². The zero-order valence-corrected chi connectivity index (χ0v) is 18.4. The van der Waals surface area contributed by atoms with Gasteiger partial charge in [-0.1, -0.05) is 30.3 Å². The fourth-order valence-electron chi connectivity index (χ4n) is 3.49. The van der Waals surface area contributed by atoms with Crippen molar-refractivity contribution in [1.82, 2.24) is 0 Å². The van der Waals surface area contributed by atoms with Crippen LogP contribution in [0.15, 0.2) is 76.4 Å². The summed E-state index contributed by atoms with van der Waals surface area (Å²) >= 11 is 1.52. The quantitative estimate of drug-likeness (QED) is 0.435. The van der Waals surface area contributed by atoms with E-state index < -0.39 is 9.84 Å². The molecule has 0 aliphatic rings. The van der Waals surface area contributed by atoms with Crippen LogP contribution < -0.4 is 10.2 Å². The van der Waals surface area contributed by atoms with Gasteiger partial charge in [0.25, 0.3) is 0 Å². The average molecular weight is 437 g/mol. The molecule has 0 aliphatic heterocycles. The Labute approximate surface area is 179 Å². The normalized spacial score (nSPS) is 11.6. The molecule has 4 rings (SSSR count). The Bertz CT molecular complexity index is 1420. The van der Waals surface area contributed by atoms with Gasteiger partial charge in [-0.2, -0.15) is 0 Å². The summed E-state index contributed by atoms with van der Waals surface area (Å²) in [6.45, 7) is 1.94. The van der Waals surface area contributed by atoms with Crippen LogP contribution in [0, 0.1) is 6.92 Å². The first-order chi connectivity index (χ1) is 14.3. The molecule has 0 saturated heterocycles. The molecule has 4 aromatic rings. The number of hydrogen-bond donors (Lipinski definition) is 0. The topological polar surface area (TPSA) is 60.4 Å². The molecule has 3 aromatic carbocycles. The summed E-state index contributed by atoms with van der Waals surface area (Å²) in [5.41, 5.74) is 3.11. The lowest BCUT2D eigenvalue weighted by Gasteiger charge is -2.13. The minimum atomic E-state index is -3.29. The lowest BCUT2D eigenvalue weighted by molar-refractivity contribution is 0.412. The first-order valence-electron chi connectivity index (χ1n) is 9.31. The van der Waals surface area contributed by atoms with Crippen LogP contribution in [0.5, 0.6) is 5.75 Å². The van der Waals surface area contributed by atoms with Crippen LogP contribution >= 0.6 is 11.3 Å². The Morgan fingerprint density at radius 1 is 0.900 bits per heavy atom. The van der Waals surface area contributed by atoms with E-state index in [4.69, 9.17) is 4.74 Å². The Morgan fingerprint density at radius 2 is 1.57 bits per heavy atom. The van der Waals surface area contributed by atoms with E-state index in [0.717, 1.165) is 32.0 Å². The molecule has 1 aromatic heterocycles. The molecule has 0 spiro atoms. The van der Waals surface area contributed by atoms with E-state index in [-0.39, 0.29) is 10.3 Å². The van der Waals surface area contributed by atoms with E-state index in [9.17, 15) is 13.2 Å². The number of fused-ring (bicyclic) bond motifs is 1. The first-order valence-corrected chi connectivity index (χ1v) is 12.0. The molecule has 30 heavy (non-hydrogen) atoms. The van der Waals surface area contributed by atoms with Crippen molar-refractivity contribution >= 4 is 31.3 Å². The number of methoxy groups -OCH3 is 1. The van der Waals surface area contributed by atoms with Gasteiger partial charge in [0.15, 0.2) is 15.3 Å². The van der Waals surface area contributed by atoms with Crippen LogP contribution in [0.4, 0.5) is 0 Å². The van der Waals surface area contributed by atoms with E-state index in [1.807, 2.05) is 49.4 Å². The summed E-state index contributed by atoms with van der Waals surface area (Å²) in [7, 11) is -1.67. The fraction of sp³-hybridized carbons (Fsp3) is 0.125. The minimum Gasteiger partial charge on any atom is -0.496 e. The van der Waals surface area contributed by atoms with E-state index in [0.29, 0.717) is 10.9 Å². The van der Waals surface area contributed by atoms with E-state index in [1.54, 1.807) is 31.4 Å². The number of benzene rings is 3. The molecule has 1 heterocycles. The maximum atomic E-state index is 13.5. The van der Waals surface area contributed by atoms with Gasteiger partial charge in [-0.05, 0) is 60.0 Å². The van der Waals surface area contributed by atoms with Crippen molar-refractivity contribution in [1.29, 1.82) is 0 Å². The van der Waals surface area contributed by atoms with Crippen molar-refractivity contribution in [2.24, 2.45) is 0 Å². The van der Waals surface area contributed by atoms with E-state index in [1.165, 1.54) is 17.6 Å². The number of rotatable bonds is 4. The lowest BCUT2D eigenvalue weighted by atomic mass is 9.98. The Balaban J connectivity index is 2.02. The average Bonchev–Trinajstić information content (AvgIpc) is 2.73. The standard InChI is InChI=1S/C24H20O4S2/c1-15-14-17(10-13-20(15)28-2)22-23(25)19-6-4-5-7-21(19)29-24(22)16-8-11-18(12-9-16)30(3,26)27/h4-14H,1-3H3. The summed E-state index contributed by atoms with van der Waals surface area (Å²) in [6.07, 6.45) is 1.18. The molecule has 0 fully saturated rings. The van der Waals surface area contributed by atoms with Crippen molar-refractivity contribution in [3.05, 3.63) is 82.5 Å². The molecule has 0 aliphatic carbocycles. The highest BCUT2D eigenvalue weighted by atomic mass is 32.2. The Kier molecular flexibility index (Phi) is 5.22. The third kappa shape index (κ3) is 3.64. The highest BCUT2D eigenvalue weighted by Gasteiger charge is 2.17. The monoisotopic (exact) mass is 436 g/mol. The van der Waals surface area contributed by atoms with Gasteiger partial charge in [-0.25, -0.2) is 8.42 Å². The molecule has 0 saturated carbocycles. The van der Waals surface area contributed by atoms with Crippen LogP contribution in [0.1, 0.15) is 5.56 Å². The molecule has 152 valence electrons. The van der Waals surface area contributed by atoms with Gasteiger partial charge < -0.3 is 4.74 Å². The molecule has 6 heteroatoms. The molecule has 0 radical (unpaired) electrons. The highest BCUT2D eigenvalue weighted by molar-refractivity contribution is 7.90. The number of hydrogen-bond acceptors (Lipinski definition) is 5. The first kappa shape index (κ1) is 20.3. The second kappa shape index (κ2) is 7.70. The molecule has 0 unspecified atom stereocenters. The maximum absolute atomic E-state index is 13.5. The van der Waals surface area contributed by atoms with Gasteiger partial charge >= 0.3 is 0 Å². The summed E-state index contributed by atoms with van der Waals surface area (Å²) in [4.78, 5) is 14.6. The molecule has 0 bridgehead atoms. The zero-order valence-electron chi connectivity index (χ0n) is 16.8. The van der Waals surface area contributed by atoms with Gasteiger partial charge in [-0.15, -0.1) is 11.3 Å². The van der Waals surface area contributed by atoms with Crippen molar-refractivity contribution in [2.45, 2.75) is 11.8 Å². The zero-order chi connectivity index (χ0) is 21.5. The highest BCUT2D eigenvalue weighted by Crippen LogP contribution is 2.38. The third-order valence-corrected chi connectivity index (χ3v) is 7.37. The lowest BCUT2D eigenvalue weighted by Crippen LogP contribution is -2.06. The van der Waals surface area contributed by atoms with E-state index in [2.05, 4.69) is 0 Å². The number of ether oxygens (including phenoxy) is 1. The summed E-state index contributed by atoms with van der Waals surface area (Å²) in [5, 5.41) is 0.669. The van der Waals surface area contributed by atoms with E-state index >= 15 is 0 Å². The van der Waals surface area contributed by atoms with Crippen molar-refractivity contribution < 1.29 is 13.2 Å². The van der Waals surface area contributed by atoms with Gasteiger partial charge in [0.05, 0.1) is 12.0 Å². The number of aryl methyl sites for hydroxylation is 1. The second-order valence-corrected chi connectivity index (χ2v) is 10.2. The summed E-state index contributed by atoms with van der Waals surface area (Å²) < 4.78 is 29.9. The minimum absolute atomic E-state index is 0.0453. The van der Waals surface area contributed by atoms with Crippen LogP contribution in [0.2, 0.25) is 0 Å².